The van der Waals surface area contributed by atoms with E-state index >= 15 is 0 Å². The van der Waals surface area contributed by atoms with Crippen LogP contribution in [-0.2, 0) is 15.8 Å². The average Bonchev–Trinajstić information content (AvgIpc) is 2.91. The van der Waals surface area contributed by atoms with Crippen LogP contribution in [0.25, 0.3) is 0 Å². The van der Waals surface area contributed by atoms with Gasteiger partial charge in [0.15, 0.2) is 0 Å². The van der Waals surface area contributed by atoms with Crippen molar-refractivity contribution >= 4 is 21.6 Å². The van der Waals surface area contributed by atoms with E-state index in [1.165, 1.54) is 0 Å². The van der Waals surface area contributed by atoms with E-state index in [2.05, 4.69) is 14.9 Å². The van der Waals surface area contributed by atoms with Crippen molar-refractivity contribution in [1.82, 2.24) is 15.1 Å². The van der Waals surface area contributed by atoms with Gasteiger partial charge in [-0.2, -0.15) is 0 Å². The largest absolute Gasteiger partial charge is 0.339 e. The first-order chi connectivity index (χ1) is 17.9. The Balaban J connectivity index is 1.61. The topological polar surface area (TPSA) is 81.8 Å². The molecule has 3 aromatic carbocycles. The van der Waals surface area contributed by atoms with Crippen LogP contribution in [0, 0.1) is 0 Å². The fourth-order valence-corrected chi connectivity index (χ4v) is 6.03. The first-order valence-electron chi connectivity index (χ1n) is 12.9. The number of hydrogen-bond acceptors (Lipinski definition) is 5. The molecule has 2 N–H and O–H groups in total. The van der Waals surface area contributed by atoms with E-state index < -0.39 is 10.0 Å². The summed E-state index contributed by atoms with van der Waals surface area (Å²) in [5.41, 5.74) is 4.03. The van der Waals surface area contributed by atoms with Crippen molar-refractivity contribution in [3.8, 4) is 0 Å². The lowest BCUT2D eigenvalue weighted by molar-refractivity contribution is 0.0773. The predicted octanol–water partition coefficient (Wildman–Crippen LogP) is 4.11. The molecule has 8 heteroatoms. The van der Waals surface area contributed by atoms with E-state index in [1.807, 2.05) is 91.5 Å². The van der Waals surface area contributed by atoms with Crippen LogP contribution in [0.4, 0.5) is 5.69 Å². The Kier molecular flexibility index (Phi) is 8.97. The number of sulfonamides is 1. The van der Waals surface area contributed by atoms with Crippen molar-refractivity contribution in [2.45, 2.75) is 25.6 Å². The van der Waals surface area contributed by atoms with E-state index in [0.29, 0.717) is 24.3 Å². The lowest BCUT2D eigenvalue weighted by Crippen LogP contribution is -2.45. The molecule has 1 atom stereocenters. The summed E-state index contributed by atoms with van der Waals surface area (Å²) in [6.45, 7) is 8.83. The molecular weight excluding hydrogens is 484 g/mol. The Hall–Kier alpha value is -3.20. The van der Waals surface area contributed by atoms with E-state index in [-0.39, 0.29) is 17.7 Å². The van der Waals surface area contributed by atoms with Crippen molar-refractivity contribution in [3.63, 3.8) is 0 Å². The minimum Gasteiger partial charge on any atom is -0.339 e. The molecule has 0 bridgehead atoms. The average molecular weight is 521 g/mol. The number of nitrogens with zero attached hydrogens (tertiary/aromatic N) is 2. The molecule has 0 aliphatic carbocycles. The monoisotopic (exact) mass is 520 g/mol. The van der Waals surface area contributed by atoms with Gasteiger partial charge in [-0.3, -0.25) is 14.4 Å². The van der Waals surface area contributed by atoms with Gasteiger partial charge in [0.2, 0.25) is 10.0 Å². The van der Waals surface area contributed by atoms with Gasteiger partial charge < -0.3 is 10.2 Å². The molecule has 37 heavy (non-hydrogen) atoms. The van der Waals surface area contributed by atoms with E-state index in [1.54, 1.807) is 6.07 Å². The summed E-state index contributed by atoms with van der Waals surface area (Å²) in [6.07, 6.45) is 0. The SMILES string of the molecule is CCN(CC)C(=O)c1ccc(C(c2cccc(NS(=O)(=O)Cc3ccccc3)c2)N2CCNCC2)cc1. The van der Waals surface area contributed by atoms with Gasteiger partial charge in [-0.05, 0) is 54.8 Å². The standard InChI is InChI=1S/C29H36N4O3S/c1-3-32(4-2)29(34)25-15-13-24(14-16-25)28(33-19-17-30-18-20-33)26-11-8-12-27(21-26)31-37(35,36)22-23-9-6-5-7-10-23/h5-16,21,28,30-31H,3-4,17-20,22H2,1-2H3. The Morgan fingerprint density at radius 3 is 2.24 bits per heavy atom. The zero-order chi connectivity index (χ0) is 26.3. The molecule has 1 fully saturated rings. The number of nitrogens with one attached hydrogen (secondary N) is 2. The summed E-state index contributed by atoms with van der Waals surface area (Å²) < 4.78 is 28.5. The summed E-state index contributed by atoms with van der Waals surface area (Å²) in [4.78, 5) is 17.0. The van der Waals surface area contributed by atoms with Crippen molar-refractivity contribution < 1.29 is 13.2 Å². The zero-order valence-corrected chi connectivity index (χ0v) is 22.4. The molecule has 1 heterocycles. The minimum absolute atomic E-state index is 0.0325. The van der Waals surface area contributed by atoms with Gasteiger partial charge in [-0.15, -0.1) is 0 Å². The highest BCUT2D eigenvalue weighted by Gasteiger charge is 2.25. The number of piperazine rings is 1. The van der Waals surface area contributed by atoms with E-state index in [9.17, 15) is 13.2 Å². The highest BCUT2D eigenvalue weighted by Crippen LogP contribution is 2.31. The zero-order valence-electron chi connectivity index (χ0n) is 21.6. The molecule has 0 saturated carbocycles. The number of anilines is 1. The maximum atomic E-state index is 12.9. The highest BCUT2D eigenvalue weighted by atomic mass is 32.2. The first kappa shape index (κ1) is 26.9. The maximum Gasteiger partial charge on any atom is 0.253 e. The van der Waals surface area contributed by atoms with Gasteiger partial charge >= 0.3 is 0 Å². The molecule has 1 aliphatic rings. The van der Waals surface area contributed by atoms with Crippen molar-refractivity contribution in [1.29, 1.82) is 0 Å². The predicted molar refractivity (Wildman–Crippen MR) is 149 cm³/mol. The molecular formula is C29H36N4O3S. The number of carbonyl (C=O) groups excluding carboxylic acids is 1. The maximum absolute atomic E-state index is 12.9. The number of amides is 1. The van der Waals surface area contributed by atoms with Gasteiger partial charge in [0.25, 0.3) is 5.91 Å². The van der Waals surface area contributed by atoms with Crippen LogP contribution in [0.2, 0.25) is 0 Å². The Morgan fingerprint density at radius 2 is 1.59 bits per heavy atom. The van der Waals surface area contributed by atoms with E-state index in [4.69, 9.17) is 0 Å². The third-order valence-corrected chi connectivity index (χ3v) is 7.98. The smallest absolute Gasteiger partial charge is 0.253 e. The summed E-state index contributed by atoms with van der Waals surface area (Å²) in [7, 11) is -3.56. The van der Waals surface area contributed by atoms with Crippen LogP contribution >= 0.6 is 0 Å². The first-order valence-corrected chi connectivity index (χ1v) is 14.5. The Labute approximate surface area is 220 Å². The quantitative estimate of drug-likeness (QED) is 0.421. The van der Waals surface area contributed by atoms with Crippen LogP contribution in [0.3, 0.4) is 0 Å². The Bertz CT molecular complexity index is 1270. The van der Waals surface area contributed by atoms with Crippen molar-refractivity contribution in [3.05, 3.63) is 101 Å². The molecule has 1 aliphatic heterocycles. The van der Waals surface area contributed by atoms with Crippen LogP contribution in [0.5, 0.6) is 0 Å². The summed E-state index contributed by atoms with van der Waals surface area (Å²) in [5.74, 6) is -0.0495. The molecule has 0 spiro atoms. The van der Waals surface area contributed by atoms with Crippen LogP contribution in [0.15, 0.2) is 78.9 Å². The van der Waals surface area contributed by atoms with Gasteiger partial charge in [0.1, 0.15) is 0 Å². The molecule has 196 valence electrons. The van der Waals surface area contributed by atoms with Gasteiger partial charge in [0, 0.05) is 50.5 Å². The second kappa shape index (κ2) is 12.4. The van der Waals surface area contributed by atoms with Crippen LogP contribution in [0.1, 0.15) is 46.9 Å². The third-order valence-electron chi connectivity index (χ3n) is 6.72. The van der Waals surface area contributed by atoms with Crippen LogP contribution in [-0.4, -0.2) is 63.4 Å². The molecule has 1 unspecified atom stereocenters. The molecule has 0 radical (unpaired) electrons. The molecule has 1 saturated heterocycles. The molecule has 3 aromatic rings. The highest BCUT2D eigenvalue weighted by molar-refractivity contribution is 7.91. The molecule has 4 rings (SSSR count). The lowest BCUT2D eigenvalue weighted by Gasteiger charge is -2.36. The third kappa shape index (κ3) is 6.97. The van der Waals surface area contributed by atoms with Crippen LogP contribution < -0.4 is 10.0 Å². The summed E-state index contributed by atoms with van der Waals surface area (Å²) >= 11 is 0. The molecule has 0 aromatic heterocycles. The normalized spacial score (nSPS) is 15.2. The summed E-state index contributed by atoms with van der Waals surface area (Å²) in [6, 6.07) is 24.6. The fourth-order valence-electron chi connectivity index (χ4n) is 4.84. The number of benzene rings is 3. The fraction of sp³-hybridized carbons (Fsp3) is 0.345. The number of hydrogen-bond donors (Lipinski definition) is 2. The molecule has 1 amide bonds. The number of rotatable bonds is 10. The van der Waals surface area contributed by atoms with Gasteiger partial charge in [0.05, 0.1) is 11.8 Å². The Morgan fingerprint density at radius 1 is 0.919 bits per heavy atom. The van der Waals surface area contributed by atoms with Gasteiger partial charge in [-0.1, -0.05) is 54.6 Å². The molecule has 7 nitrogen and oxygen atoms in total. The second-order valence-electron chi connectivity index (χ2n) is 9.26. The lowest BCUT2D eigenvalue weighted by atomic mass is 9.95. The van der Waals surface area contributed by atoms with Crippen molar-refractivity contribution in [2.75, 3.05) is 44.0 Å². The second-order valence-corrected chi connectivity index (χ2v) is 11.0. The van der Waals surface area contributed by atoms with E-state index in [0.717, 1.165) is 42.9 Å². The number of carbonyl (C=O) groups is 1. The minimum atomic E-state index is -3.56. The summed E-state index contributed by atoms with van der Waals surface area (Å²) in [5, 5.41) is 3.40. The van der Waals surface area contributed by atoms with Crippen molar-refractivity contribution in [2.24, 2.45) is 0 Å². The van der Waals surface area contributed by atoms with Gasteiger partial charge in [-0.25, -0.2) is 8.42 Å².